The zero-order valence-electron chi connectivity index (χ0n) is 11.3. The molecule has 0 aromatic rings. The molecule has 4 bridgehead atoms. The Balaban J connectivity index is 1.72. The smallest absolute Gasteiger partial charge is 0.153 e. The van der Waals surface area contributed by atoms with Crippen LogP contribution in [0.5, 0.6) is 0 Å². The van der Waals surface area contributed by atoms with Gasteiger partial charge in [-0.1, -0.05) is 6.42 Å². The van der Waals surface area contributed by atoms with Gasteiger partial charge in [-0.15, -0.1) is 0 Å². The van der Waals surface area contributed by atoms with Gasteiger partial charge in [0.15, 0.2) is 5.78 Å². The van der Waals surface area contributed by atoms with E-state index in [1.165, 1.54) is 44.9 Å². The molecule has 5 fully saturated rings. The van der Waals surface area contributed by atoms with Gasteiger partial charge in [0.25, 0.3) is 0 Å². The summed E-state index contributed by atoms with van der Waals surface area (Å²) in [5, 5.41) is 0. The fourth-order valence-electron chi connectivity index (χ4n) is 6.27. The fourth-order valence-corrected chi connectivity index (χ4v) is 6.27. The molecule has 5 rings (SSSR count). The Morgan fingerprint density at radius 1 is 0.944 bits per heavy atom. The summed E-state index contributed by atoms with van der Waals surface area (Å²) in [4.78, 5) is 12.5. The summed E-state index contributed by atoms with van der Waals surface area (Å²) in [6.45, 7) is 0. The van der Waals surface area contributed by atoms with Crippen molar-refractivity contribution in [1.29, 1.82) is 0 Å². The Bertz CT molecular complexity index is 353. The van der Waals surface area contributed by atoms with Crippen LogP contribution in [0.15, 0.2) is 0 Å². The van der Waals surface area contributed by atoms with E-state index in [-0.39, 0.29) is 5.41 Å². The second-order valence-electron chi connectivity index (χ2n) is 7.80. The van der Waals surface area contributed by atoms with Crippen LogP contribution >= 0.6 is 0 Å². The maximum atomic E-state index is 12.5. The molecule has 0 aromatic heterocycles. The first-order valence-corrected chi connectivity index (χ1v) is 7.93. The Morgan fingerprint density at radius 3 is 2.00 bits per heavy atom. The lowest BCUT2D eigenvalue weighted by molar-refractivity contribution is -0.147. The van der Waals surface area contributed by atoms with Gasteiger partial charge in [-0.2, -0.15) is 0 Å². The molecule has 1 unspecified atom stereocenters. The van der Waals surface area contributed by atoms with Crippen molar-refractivity contribution < 1.29 is 4.79 Å². The molecule has 2 N–H and O–H groups in total. The van der Waals surface area contributed by atoms with Gasteiger partial charge in [-0.25, -0.2) is 0 Å². The molecule has 5 aliphatic rings. The minimum atomic E-state index is -0.443. The van der Waals surface area contributed by atoms with Crippen molar-refractivity contribution in [3.05, 3.63) is 0 Å². The third-order valence-electron chi connectivity index (χ3n) is 6.71. The zero-order valence-corrected chi connectivity index (χ0v) is 11.3. The molecule has 0 aromatic carbocycles. The Labute approximate surface area is 110 Å². The van der Waals surface area contributed by atoms with Crippen LogP contribution in [0.2, 0.25) is 0 Å². The second kappa shape index (κ2) is 3.59. The molecule has 0 amide bonds. The lowest BCUT2D eigenvalue weighted by Crippen LogP contribution is -2.67. The van der Waals surface area contributed by atoms with Crippen LogP contribution in [0.25, 0.3) is 0 Å². The van der Waals surface area contributed by atoms with Crippen molar-refractivity contribution in [3.63, 3.8) is 0 Å². The fraction of sp³-hybridized carbons (Fsp3) is 0.938. The number of carbonyl (C=O) groups is 1. The molecule has 0 radical (unpaired) electrons. The molecule has 100 valence electrons. The van der Waals surface area contributed by atoms with Crippen molar-refractivity contribution in [3.8, 4) is 0 Å². The van der Waals surface area contributed by atoms with E-state index < -0.39 is 5.54 Å². The van der Waals surface area contributed by atoms with Gasteiger partial charge in [0, 0.05) is 6.42 Å². The minimum absolute atomic E-state index is 0.208. The van der Waals surface area contributed by atoms with Crippen molar-refractivity contribution >= 4 is 5.78 Å². The summed E-state index contributed by atoms with van der Waals surface area (Å²) in [5.74, 6) is 3.08. The molecule has 5 saturated carbocycles. The molecule has 0 spiro atoms. The molecule has 2 nitrogen and oxygen atoms in total. The van der Waals surface area contributed by atoms with E-state index >= 15 is 0 Å². The maximum absolute atomic E-state index is 12.5. The largest absolute Gasteiger partial charge is 0.318 e. The van der Waals surface area contributed by atoms with E-state index in [2.05, 4.69) is 0 Å². The maximum Gasteiger partial charge on any atom is 0.153 e. The lowest BCUT2D eigenvalue weighted by atomic mass is 9.43. The number of nitrogens with two attached hydrogens (primary N) is 1. The van der Waals surface area contributed by atoms with Crippen LogP contribution in [0.3, 0.4) is 0 Å². The zero-order chi connectivity index (χ0) is 12.4. The average Bonchev–Trinajstić information content (AvgIpc) is 2.31. The molecular formula is C16H25NO. The van der Waals surface area contributed by atoms with Gasteiger partial charge < -0.3 is 5.73 Å². The summed E-state index contributed by atoms with van der Waals surface area (Å²) in [6, 6.07) is 0. The highest BCUT2D eigenvalue weighted by Gasteiger charge is 2.61. The molecule has 5 aliphatic carbocycles. The molecule has 1 atom stereocenters. The van der Waals surface area contributed by atoms with Gasteiger partial charge in [-0.05, 0) is 74.5 Å². The highest BCUT2D eigenvalue weighted by atomic mass is 16.1. The molecule has 0 heterocycles. The van der Waals surface area contributed by atoms with E-state index in [1.54, 1.807) is 0 Å². The van der Waals surface area contributed by atoms with E-state index in [1.807, 2.05) is 0 Å². The predicted octanol–water partition coefficient (Wildman–Crippen LogP) is 3.04. The van der Waals surface area contributed by atoms with Gasteiger partial charge in [-0.3, -0.25) is 4.79 Å². The number of hydrogen-bond donors (Lipinski definition) is 1. The molecule has 0 aliphatic heterocycles. The lowest BCUT2D eigenvalue weighted by Gasteiger charge is -2.63. The highest BCUT2D eigenvalue weighted by molar-refractivity contribution is 5.90. The van der Waals surface area contributed by atoms with E-state index in [0.717, 1.165) is 37.0 Å². The first-order chi connectivity index (χ1) is 8.61. The monoisotopic (exact) mass is 247 g/mol. The second-order valence-corrected chi connectivity index (χ2v) is 7.80. The average molecular weight is 247 g/mol. The van der Waals surface area contributed by atoms with Crippen LogP contribution in [0.4, 0.5) is 0 Å². The summed E-state index contributed by atoms with van der Waals surface area (Å²) in [7, 11) is 0. The van der Waals surface area contributed by atoms with Crippen molar-refractivity contribution in [2.45, 2.75) is 69.7 Å². The van der Waals surface area contributed by atoms with Crippen LogP contribution in [-0.2, 0) is 4.79 Å². The van der Waals surface area contributed by atoms with Gasteiger partial charge in [0.1, 0.15) is 0 Å². The molecule has 18 heavy (non-hydrogen) atoms. The third-order valence-corrected chi connectivity index (χ3v) is 6.71. The van der Waals surface area contributed by atoms with Crippen LogP contribution < -0.4 is 5.73 Å². The van der Waals surface area contributed by atoms with Crippen molar-refractivity contribution in [2.75, 3.05) is 0 Å². The quantitative estimate of drug-likeness (QED) is 0.774. The van der Waals surface area contributed by atoms with Gasteiger partial charge in [0.05, 0.1) is 5.54 Å². The number of hydrogen-bond acceptors (Lipinski definition) is 2. The SMILES string of the molecule is NC1(C23CC4CC(CC(C4)C2)C3)CCCCC1=O. The number of Topliss-reactive ketones (excluding diaryl/α,β-unsaturated/α-hetero) is 1. The molecular weight excluding hydrogens is 222 g/mol. The first-order valence-electron chi connectivity index (χ1n) is 7.93. The molecule has 2 heteroatoms. The Kier molecular flexibility index (Phi) is 2.29. The standard InChI is InChI=1S/C16H25NO/c17-16(4-2-1-3-14(16)18)15-8-11-5-12(9-15)7-13(6-11)10-15/h11-13H,1-10,17H2. The summed E-state index contributed by atoms with van der Waals surface area (Å²) in [5.41, 5.74) is 6.52. The predicted molar refractivity (Wildman–Crippen MR) is 71.0 cm³/mol. The normalized spacial score (nSPS) is 54.9. The Hall–Kier alpha value is -0.370. The van der Waals surface area contributed by atoms with E-state index in [0.29, 0.717) is 5.78 Å². The van der Waals surface area contributed by atoms with Crippen molar-refractivity contribution in [1.82, 2.24) is 0 Å². The van der Waals surface area contributed by atoms with Crippen LogP contribution in [0.1, 0.15) is 64.2 Å². The summed E-state index contributed by atoms with van der Waals surface area (Å²) >= 11 is 0. The summed E-state index contributed by atoms with van der Waals surface area (Å²) < 4.78 is 0. The van der Waals surface area contributed by atoms with Crippen LogP contribution in [-0.4, -0.2) is 11.3 Å². The van der Waals surface area contributed by atoms with Gasteiger partial charge in [0.2, 0.25) is 0 Å². The van der Waals surface area contributed by atoms with Gasteiger partial charge >= 0.3 is 0 Å². The highest BCUT2D eigenvalue weighted by Crippen LogP contribution is 2.64. The van der Waals surface area contributed by atoms with E-state index in [4.69, 9.17) is 5.73 Å². The van der Waals surface area contributed by atoms with Crippen LogP contribution in [0, 0.1) is 23.2 Å². The topological polar surface area (TPSA) is 43.1 Å². The Morgan fingerprint density at radius 2 is 1.50 bits per heavy atom. The third kappa shape index (κ3) is 1.36. The van der Waals surface area contributed by atoms with E-state index in [9.17, 15) is 4.79 Å². The van der Waals surface area contributed by atoms with Crippen molar-refractivity contribution in [2.24, 2.45) is 28.9 Å². The number of ketones is 1. The minimum Gasteiger partial charge on any atom is -0.318 e. The first kappa shape index (κ1) is 11.5. The number of carbonyl (C=O) groups excluding carboxylic acids is 1. The number of rotatable bonds is 1. The summed E-state index contributed by atoms with van der Waals surface area (Å²) in [6.07, 6.45) is 12.1. The molecule has 0 saturated heterocycles.